The molecular formula is C18H16ClFN2O4S. The van der Waals surface area contributed by atoms with Crippen LogP contribution in [0.1, 0.15) is 6.42 Å². The first-order valence-electron chi connectivity index (χ1n) is 7.84. The molecule has 0 saturated carbocycles. The molecular weight excluding hydrogens is 395 g/mol. The van der Waals surface area contributed by atoms with Crippen molar-refractivity contribution in [3.05, 3.63) is 59.4 Å². The average Bonchev–Trinajstić information content (AvgIpc) is 2.63. The fourth-order valence-electron chi connectivity index (χ4n) is 1.90. The largest absolute Gasteiger partial charge is 0.456 e. The highest BCUT2D eigenvalue weighted by atomic mass is 35.5. The normalized spacial score (nSPS) is 10.1. The summed E-state index contributed by atoms with van der Waals surface area (Å²) < 4.78 is 18.2. The minimum Gasteiger partial charge on any atom is -0.456 e. The lowest BCUT2D eigenvalue weighted by atomic mass is 10.3. The predicted octanol–water partition coefficient (Wildman–Crippen LogP) is 3.85. The molecule has 2 aromatic carbocycles. The summed E-state index contributed by atoms with van der Waals surface area (Å²) in [6, 6.07) is 11.8. The summed E-state index contributed by atoms with van der Waals surface area (Å²) in [4.78, 5) is 35.7. The van der Waals surface area contributed by atoms with Gasteiger partial charge in [-0.2, -0.15) is 0 Å². The van der Waals surface area contributed by atoms with Gasteiger partial charge in [-0.1, -0.05) is 35.9 Å². The molecule has 3 amide bonds. The third-order valence-electron chi connectivity index (χ3n) is 3.14. The van der Waals surface area contributed by atoms with Crippen LogP contribution in [0.2, 0.25) is 5.02 Å². The maximum absolute atomic E-state index is 13.4. The van der Waals surface area contributed by atoms with Crippen LogP contribution in [-0.2, 0) is 14.3 Å². The van der Waals surface area contributed by atoms with Crippen LogP contribution in [0.5, 0.6) is 0 Å². The number of thioether (sulfide) groups is 1. The molecule has 0 spiro atoms. The van der Waals surface area contributed by atoms with Crippen LogP contribution in [0.25, 0.3) is 0 Å². The summed E-state index contributed by atoms with van der Waals surface area (Å²) in [7, 11) is 0. The van der Waals surface area contributed by atoms with E-state index in [4.69, 9.17) is 16.3 Å². The van der Waals surface area contributed by atoms with Crippen molar-refractivity contribution in [1.82, 2.24) is 5.32 Å². The van der Waals surface area contributed by atoms with Crippen LogP contribution >= 0.6 is 23.4 Å². The van der Waals surface area contributed by atoms with Gasteiger partial charge >= 0.3 is 12.0 Å². The topological polar surface area (TPSA) is 84.5 Å². The summed E-state index contributed by atoms with van der Waals surface area (Å²) in [5.41, 5.74) is -0.0728. The van der Waals surface area contributed by atoms with E-state index in [0.717, 1.165) is 4.90 Å². The number of para-hydroxylation sites is 1. The van der Waals surface area contributed by atoms with E-state index in [1.54, 1.807) is 6.07 Å². The SMILES string of the molecule is O=C(COC(=O)CCSc1ccccc1Cl)NC(=O)Nc1ccccc1F. The molecule has 0 aromatic heterocycles. The number of urea groups is 1. The van der Waals surface area contributed by atoms with Gasteiger partial charge in [-0.25, -0.2) is 9.18 Å². The lowest BCUT2D eigenvalue weighted by Gasteiger charge is -2.08. The fourth-order valence-corrected chi connectivity index (χ4v) is 3.07. The highest BCUT2D eigenvalue weighted by Gasteiger charge is 2.12. The van der Waals surface area contributed by atoms with Gasteiger partial charge in [0.2, 0.25) is 0 Å². The van der Waals surface area contributed by atoms with Crippen molar-refractivity contribution >= 4 is 47.0 Å². The number of carbonyl (C=O) groups excluding carboxylic acids is 3. The number of esters is 1. The summed E-state index contributed by atoms with van der Waals surface area (Å²) in [5.74, 6) is -1.62. The smallest absolute Gasteiger partial charge is 0.326 e. The number of rotatable bonds is 7. The lowest BCUT2D eigenvalue weighted by Crippen LogP contribution is -2.37. The van der Waals surface area contributed by atoms with E-state index in [9.17, 15) is 18.8 Å². The molecule has 0 unspecified atom stereocenters. The van der Waals surface area contributed by atoms with Gasteiger partial charge in [0.1, 0.15) is 5.82 Å². The van der Waals surface area contributed by atoms with Crippen LogP contribution in [0, 0.1) is 5.82 Å². The fraction of sp³-hybridized carbons (Fsp3) is 0.167. The number of benzene rings is 2. The van der Waals surface area contributed by atoms with Crippen LogP contribution in [0.4, 0.5) is 14.9 Å². The molecule has 0 heterocycles. The number of hydrogen-bond acceptors (Lipinski definition) is 5. The summed E-state index contributed by atoms with van der Waals surface area (Å²) >= 11 is 7.40. The summed E-state index contributed by atoms with van der Waals surface area (Å²) in [6.07, 6.45) is 0.0740. The van der Waals surface area contributed by atoms with Crippen molar-refractivity contribution in [2.75, 3.05) is 17.7 Å². The molecule has 0 radical (unpaired) electrons. The monoisotopic (exact) mass is 410 g/mol. The molecule has 6 nitrogen and oxygen atoms in total. The molecule has 27 heavy (non-hydrogen) atoms. The lowest BCUT2D eigenvalue weighted by molar-refractivity contribution is -0.147. The van der Waals surface area contributed by atoms with Crippen molar-refractivity contribution in [2.24, 2.45) is 0 Å². The molecule has 9 heteroatoms. The molecule has 0 aliphatic rings. The Hall–Kier alpha value is -2.58. The van der Waals surface area contributed by atoms with Crippen molar-refractivity contribution in [1.29, 1.82) is 0 Å². The maximum Gasteiger partial charge on any atom is 0.326 e. The van der Waals surface area contributed by atoms with Crippen LogP contribution < -0.4 is 10.6 Å². The Kier molecular flexibility index (Phi) is 8.09. The molecule has 0 saturated heterocycles. The molecule has 2 N–H and O–H groups in total. The first-order chi connectivity index (χ1) is 13.0. The molecule has 142 valence electrons. The van der Waals surface area contributed by atoms with E-state index in [0.29, 0.717) is 10.8 Å². The third-order valence-corrected chi connectivity index (χ3v) is 4.66. The van der Waals surface area contributed by atoms with Crippen LogP contribution in [-0.4, -0.2) is 30.3 Å². The third kappa shape index (κ3) is 7.28. The van der Waals surface area contributed by atoms with Crippen molar-refractivity contribution in [3.63, 3.8) is 0 Å². The Morgan fingerprint density at radius 2 is 1.78 bits per heavy atom. The second kappa shape index (κ2) is 10.5. The predicted molar refractivity (Wildman–Crippen MR) is 101 cm³/mol. The standard InChI is InChI=1S/C18H16ClFN2O4S/c19-12-5-1-4-8-15(12)27-10-9-17(24)26-11-16(23)22-18(25)21-14-7-3-2-6-13(14)20/h1-8H,9-11H2,(H2,21,22,23,25). The Bertz CT molecular complexity index is 835. The molecule has 0 atom stereocenters. The number of imide groups is 1. The highest BCUT2D eigenvalue weighted by Crippen LogP contribution is 2.26. The number of nitrogens with one attached hydrogen (secondary N) is 2. The average molecular weight is 411 g/mol. The van der Waals surface area contributed by atoms with Gasteiger partial charge < -0.3 is 10.1 Å². The second-order valence-corrected chi connectivity index (χ2v) is 6.72. The van der Waals surface area contributed by atoms with Gasteiger partial charge in [0.15, 0.2) is 6.61 Å². The Morgan fingerprint density at radius 3 is 2.52 bits per heavy atom. The Labute approximate surface area is 164 Å². The van der Waals surface area contributed by atoms with E-state index in [2.05, 4.69) is 5.32 Å². The zero-order valence-electron chi connectivity index (χ0n) is 14.0. The van der Waals surface area contributed by atoms with E-state index < -0.39 is 30.3 Å². The quantitative estimate of drug-likeness (QED) is 0.535. The Morgan fingerprint density at radius 1 is 1.07 bits per heavy atom. The van der Waals surface area contributed by atoms with Crippen LogP contribution in [0.15, 0.2) is 53.4 Å². The van der Waals surface area contributed by atoms with Crippen molar-refractivity contribution in [2.45, 2.75) is 11.3 Å². The molecule has 0 bridgehead atoms. The first-order valence-corrected chi connectivity index (χ1v) is 9.20. The summed E-state index contributed by atoms with van der Waals surface area (Å²) in [6.45, 7) is -0.611. The van der Waals surface area contributed by atoms with Gasteiger partial charge in [-0.15, -0.1) is 11.8 Å². The van der Waals surface area contributed by atoms with Crippen molar-refractivity contribution < 1.29 is 23.5 Å². The number of carbonyl (C=O) groups is 3. The number of anilines is 1. The number of amides is 3. The van der Waals surface area contributed by atoms with Gasteiger partial charge in [0, 0.05) is 10.6 Å². The van der Waals surface area contributed by atoms with Crippen LogP contribution in [0.3, 0.4) is 0 Å². The minimum atomic E-state index is -0.921. The molecule has 0 aliphatic heterocycles. The zero-order valence-corrected chi connectivity index (χ0v) is 15.6. The maximum atomic E-state index is 13.4. The Balaban J connectivity index is 1.66. The van der Waals surface area contributed by atoms with E-state index >= 15 is 0 Å². The van der Waals surface area contributed by atoms with Gasteiger partial charge in [-0.05, 0) is 24.3 Å². The number of halogens is 2. The minimum absolute atomic E-state index is 0.0728. The first kappa shape index (κ1) is 20.7. The molecule has 0 aliphatic carbocycles. The van der Waals surface area contributed by atoms with E-state index in [1.165, 1.54) is 36.0 Å². The van der Waals surface area contributed by atoms with Gasteiger partial charge in [0.25, 0.3) is 5.91 Å². The zero-order chi connectivity index (χ0) is 19.6. The second-order valence-electron chi connectivity index (χ2n) is 5.17. The summed E-state index contributed by atoms with van der Waals surface area (Å²) in [5, 5.41) is 4.72. The van der Waals surface area contributed by atoms with Crippen molar-refractivity contribution in [3.8, 4) is 0 Å². The molecule has 2 aromatic rings. The molecule has 2 rings (SSSR count). The highest BCUT2D eigenvalue weighted by molar-refractivity contribution is 7.99. The van der Waals surface area contributed by atoms with Gasteiger partial charge in [0.05, 0.1) is 17.1 Å². The van der Waals surface area contributed by atoms with E-state index in [1.807, 2.05) is 23.5 Å². The number of ether oxygens (including phenoxy) is 1. The van der Waals surface area contributed by atoms with Gasteiger partial charge in [-0.3, -0.25) is 14.9 Å². The number of hydrogen-bond donors (Lipinski definition) is 2. The molecule has 0 fully saturated rings. The van der Waals surface area contributed by atoms with E-state index in [-0.39, 0.29) is 12.1 Å².